The number of hydrogen-bond donors (Lipinski definition) is 2. The van der Waals surface area contributed by atoms with E-state index in [4.69, 9.17) is 5.73 Å². The van der Waals surface area contributed by atoms with Crippen molar-refractivity contribution in [2.24, 2.45) is 11.5 Å². The van der Waals surface area contributed by atoms with E-state index in [9.17, 15) is 0 Å². The van der Waals surface area contributed by atoms with Crippen molar-refractivity contribution in [3.8, 4) is 0 Å². The summed E-state index contributed by atoms with van der Waals surface area (Å²) in [6.07, 6.45) is 3.43. The van der Waals surface area contributed by atoms with Crippen LogP contribution < -0.4 is 11.5 Å². The van der Waals surface area contributed by atoms with Crippen LogP contribution in [0.1, 0.15) is 36.1 Å². The van der Waals surface area contributed by atoms with Gasteiger partial charge in [-0.15, -0.1) is 0 Å². The Bertz CT molecular complexity index is 294. The Balaban J connectivity index is 0.000000461. The van der Waals surface area contributed by atoms with Crippen molar-refractivity contribution < 1.29 is 0 Å². The van der Waals surface area contributed by atoms with E-state index in [2.05, 4.69) is 30.9 Å². The highest BCUT2D eigenvalue weighted by Crippen LogP contribution is 2.29. The van der Waals surface area contributed by atoms with Gasteiger partial charge in [-0.1, -0.05) is 25.1 Å². The molecular weight excluding hydrogens is 172 g/mol. The predicted octanol–water partition coefficient (Wildman–Crippen LogP) is 1.77. The highest BCUT2D eigenvalue weighted by Gasteiger charge is 2.18. The molecule has 1 atom stereocenters. The molecule has 0 heterocycles. The van der Waals surface area contributed by atoms with Gasteiger partial charge in [0.25, 0.3) is 0 Å². The van der Waals surface area contributed by atoms with Gasteiger partial charge in [-0.2, -0.15) is 0 Å². The molecule has 1 unspecified atom stereocenters. The van der Waals surface area contributed by atoms with Crippen LogP contribution >= 0.6 is 0 Å². The average Bonchev–Trinajstić information content (AvgIpc) is 2.63. The second-order valence-electron chi connectivity index (χ2n) is 3.53. The monoisotopic (exact) mass is 192 g/mol. The van der Waals surface area contributed by atoms with Gasteiger partial charge in [0, 0.05) is 6.04 Å². The van der Waals surface area contributed by atoms with Crippen molar-refractivity contribution in [2.45, 2.75) is 32.2 Å². The van der Waals surface area contributed by atoms with Gasteiger partial charge in [0.05, 0.1) is 0 Å². The van der Waals surface area contributed by atoms with E-state index in [0.29, 0.717) is 6.04 Å². The van der Waals surface area contributed by atoms with E-state index in [1.807, 2.05) is 0 Å². The summed E-state index contributed by atoms with van der Waals surface area (Å²) in [7, 11) is 1.50. The lowest BCUT2D eigenvalue weighted by Gasteiger charge is -2.05. The Morgan fingerprint density at radius 2 is 2.07 bits per heavy atom. The number of nitrogens with two attached hydrogens (primary N) is 2. The summed E-state index contributed by atoms with van der Waals surface area (Å²) >= 11 is 0. The summed E-state index contributed by atoms with van der Waals surface area (Å²) < 4.78 is 0. The molecule has 14 heavy (non-hydrogen) atoms. The minimum atomic E-state index is 0.297. The maximum Gasteiger partial charge on any atom is 0.0300 e. The van der Waals surface area contributed by atoms with Crippen molar-refractivity contribution in [1.82, 2.24) is 0 Å². The maximum absolute atomic E-state index is 5.94. The zero-order chi connectivity index (χ0) is 10.6. The lowest BCUT2D eigenvalue weighted by atomic mass is 10.0. The third-order valence-electron chi connectivity index (χ3n) is 2.74. The minimum Gasteiger partial charge on any atom is -0.333 e. The van der Waals surface area contributed by atoms with Crippen LogP contribution in [0.25, 0.3) is 0 Å². The summed E-state index contributed by atoms with van der Waals surface area (Å²) in [6, 6.07) is 7.00. The Hall–Kier alpha value is -0.860. The molecule has 0 bridgehead atoms. The molecule has 0 amide bonds. The molecule has 1 aliphatic rings. The van der Waals surface area contributed by atoms with Crippen LogP contribution in [0.3, 0.4) is 0 Å². The van der Waals surface area contributed by atoms with Crippen LogP contribution in [-0.2, 0) is 12.8 Å². The van der Waals surface area contributed by atoms with E-state index in [-0.39, 0.29) is 0 Å². The zero-order valence-corrected chi connectivity index (χ0v) is 9.09. The molecule has 0 spiro atoms. The van der Waals surface area contributed by atoms with Crippen molar-refractivity contribution in [3.63, 3.8) is 0 Å². The fraction of sp³-hybridized carbons (Fsp3) is 0.500. The van der Waals surface area contributed by atoms with Gasteiger partial charge in [-0.25, -0.2) is 0 Å². The second kappa shape index (κ2) is 5.13. The molecule has 0 saturated carbocycles. The molecule has 78 valence electrons. The van der Waals surface area contributed by atoms with E-state index in [1.54, 1.807) is 0 Å². The van der Waals surface area contributed by atoms with Crippen LogP contribution in [-0.4, -0.2) is 7.05 Å². The first kappa shape index (κ1) is 11.2. The van der Waals surface area contributed by atoms with Crippen LogP contribution in [0, 0.1) is 0 Å². The topological polar surface area (TPSA) is 52.0 Å². The number of rotatable bonds is 1. The third kappa shape index (κ3) is 2.14. The lowest BCUT2D eigenvalue weighted by molar-refractivity contribution is 0.713. The molecule has 0 saturated heterocycles. The number of benzene rings is 1. The highest BCUT2D eigenvalue weighted by molar-refractivity contribution is 5.37. The molecule has 2 nitrogen and oxygen atoms in total. The standard InChI is InChI=1S/C11H15N.CH5N/c1-2-8-3-5-10-9(7-8)4-6-11(10)12;1-2/h3,5,7,11H,2,4,6,12H2,1H3;2H2,1H3. The normalized spacial score (nSPS) is 18.4. The molecule has 1 aliphatic carbocycles. The molecule has 0 aromatic heterocycles. The first-order valence-electron chi connectivity index (χ1n) is 5.26. The molecule has 0 fully saturated rings. The Kier molecular flexibility index (Phi) is 4.11. The summed E-state index contributed by atoms with van der Waals surface area (Å²) in [5, 5.41) is 0. The zero-order valence-electron chi connectivity index (χ0n) is 9.09. The molecule has 0 aliphatic heterocycles. The summed E-state index contributed by atoms with van der Waals surface area (Å²) in [4.78, 5) is 0. The van der Waals surface area contributed by atoms with E-state index < -0.39 is 0 Å². The Labute approximate surface area is 86.3 Å². The maximum atomic E-state index is 5.94. The highest BCUT2D eigenvalue weighted by atomic mass is 14.6. The number of aryl methyl sites for hydroxylation is 2. The summed E-state index contributed by atoms with van der Waals surface area (Å²) in [5.41, 5.74) is 14.7. The van der Waals surface area contributed by atoms with Gasteiger partial charge in [-0.05, 0) is 43.0 Å². The van der Waals surface area contributed by atoms with E-state index >= 15 is 0 Å². The number of hydrogen-bond acceptors (Lipinski definition) is 2. The van der Waals surface area contributed by atoms with Crippen LogP contribution in [0.15, 0.2) is 18.2 Å². The minimum absolute atomic E-state index is 0.297. The quantitative estimate of drug-likeness (QED) is 0.712. The lowest BCUT2D eigenvalue weighted by Crippen LogP contribution is -2.04. The van der Waals surface area contributed by atoms with E-state index in [0.717, 1.165) is 12.8 Å². The predicted molar refractivity (Wildman–Crippen MR) is 61.2 cm³/mol. The summed E-state index contributed by atoms with van der Waals surface area (Å²) in [5.74, 6) is 0. The summed E-state index contributed by atoms with van der Waals surface area (Å²) in [6.45, 7) is 2.19. The molecule has 1 aromatic carbocycles. The van der Waals surface area contributed by atoms with Crippen molar-refractivity contribution >= 4 is 0 Å². The fourth-order valence-electron chi connectivity index (χ4n) is 1.92. The SMILES string of the molecule is CCc1ccc2c(c1)CCC2N.CN. The molecule has 2 heteroatoms. The fourth-order valence-corrected chi connectivity index (χ4v) is 1.92. The largest absolute Gasteiger partial charge is 0.333 e. The van der Waals surface area contributed by atoms with Crippen LogP contribution in [0.4, 0.5) is 0 Å². The van der Waals surface area contributed by atoms with Crippen molar-refractivity contribution in [3.05, 3.63) is 34.9 Å². The molecule has 2 rings (SSSR count). The third-order valence-corrected chi connectivity index (χ3v) is 2.74. The van der Waals surface area contributed by atoms with Crippen molar-refractivity contribution in [2.75, 3.05) is 7.05 Å². The molecular formula is C12H20N2. The second-order valence-corrected chi connectivity index (χ2v) is 3.53. The Morgan fingerprint density at radius 1 is 1.36 bits per heavy atom. The van der Waals surface area contributed by atoms with Gasteiger partial charge < -0.3 is 11.5 Å². The van der Waals surface area contributed by atoms with Gasteiger partial charge in [0.1, 0.15) is 0 Å². The van der Waals surface area contributed by atoms with Crippen molar-refractivity contribution in [1.29, 1.82) is 0 Å². The van der Waals surface area contributed by atoms with Gasteiger partial charge >= 0.3 is 0 Å². The van der Waals surface area contributed by atoms with Gasteiger partial charge in [0.15, 0.2) is 0 Å². The van der Waals surface area contributed by atoms with Crippen LogP contribution in [0.5, 0.6) is 0 Å². The average molecular weight is 192 g/mol. The molecule has 1 aromatic rings. The van der Waals surface area contributed by atoms with E-state index in [1.165, 1.54) is 30.2 Å². The first-order valence-corrected chi connectivity index (χ1v) is 5.26. The smallest absolute Gasteiger partial charge is 0.0300 e. The number of fused-ring (bicyclic) bond motifs is 1. The molecule has 0 radical (unpaired) electrons. The first-order chi connectivity index (χ1) is 6.81. The Morgan fingerprint density at radius 3 is 2.71 bits per heavy atom. The molecule has 4 N–H and O–H groups in total. The van der Waals surface area contributed by atoms with Gasteiger partial charge in [-0.3, -0.25) is 0 Å². The van der Waals surface area contributed by atoms with Crippen LogP contribution in [0.2, 0.25) is 0 Å². The van der Waals surface area contributed by atoms with Gasteiger partial charge in [0.2, 0.25) is 0 Å².